The molecule has 0 aromatic carbocycles. The van der Waals surface area contributed by atoms with E-state index in [1.165, 1.54) is 11.3 Å². The highest BCUT2D eigenvalue weighted by atomic mass is 32.1. The molecule has 4 rings (SSSR count). The van der Waals surface area contributed by atoms with Gasteiger partial charge in [-0.05, 0) is 31.5 Å². The molecule has 2 fully saturated rings. The summed E-state index contributed by atoms with van der Waals surface area (Å²) in [4.78, 5) is 38.5. The molecule has 0 saturated carbocycles. The summed E-state index contributed by atoms with van der Waals surface area (Å²) >= 11 is 1.45. The SMILES string of the molecule is CC(C)(C)c1csc(NC(=O)CN2CCC3(CCN(Cc4ccccn4)C3=O)C2)n1. The van der Waals surface area contributed by atoms with Crippen molar-refractivity contribution >= 4 is 28.3 Å². The van der Waals surface area contributed by atoms with Gasteiger partial charge in [0.15, 0.2) is 5.13 Å². The quantitative estimate of drug-likeness (QED) is 0.794. The molecule has 2 aliphatic rings. The van der Waals surface area contributed by atoms with Gasteiger partial charge in [-0.1, -0.05) is 26.8 Å². The molecule has 0 aliphatic carbocycles. The molecule has 2 aromatic rings. The lowest BCUT2D eigenvalue weighted by molar-refractivity contribution is -0.136. The third-order valence-corrected chi connectivity index (χ3v) is 6.76. The lowest BCUT2D eigenvalue weighted by Gasteiger charge is -2.23. The Morgan fingerprint density at radius 2 is 2.07 bits per heavy atom. The number of carbonyl (C=O) groups is 2. The summed E-state index contributed by atoms with van der Waals surface area (Å²) in [7, 11) is 0. The maximum Gasteiger partial charge on any atom is 0.240 e. The zero-order chi connectivity index (χ0) is 21.4. The van der Waals surface area contributed by atoms with E-state index < -0.39 is 0 Å². The summed E-state index contributed by atoms with van der Waals surface area (Å²) < 4.78 is 0. The minimum absolute atomic E-state index is 0.0369. The van der Waals surface area contributed by atoms with Crippen LogP contribution in [-0.4, -0.2) is 57.8 Å². The Morgan fingerprint density at radius 1 is 1.27 bits per heavy atom. The van der Waals surface area contributed by atoms with Crippen molar-refractivity contribution in [1.82, 2.24) is 19.8 Å². The van der Waals surface area contributed by atoms with Crippen molar-refractivity contribution in [3.63, 3.8) is 0 Å². The van der Waals surface area contributed by atoms with Crippen molar-refractivity contribution in [2.75, 3.05) is 31.5 Å². The monoisotopic (exact) mass is 427 g/mol. The van der Waals surface area contributed by atoms with Gasteiger partial charge in [0, 0.05) is 30.1 Å². The van der Waals surface area contributed by atoms with E-state index >= 15 is 0 Å². The molecular formula is C22H29N5O2S. The summed E-state index contributed by atoms with van der Waals surface area (Å²) in [6, 6.07) is 5.78. The van der Waals surface area contributed by atoms with E-state index in [2.05, 4.69) is 41.0 Å². The van der Waals surface area contributed by atoms with Crippen LogP contribution in [0.2, 0.25) is 0 Å². The molecule has 2 saturated heterocycles. The lowest BCUT2D eigenvalue weighted by atomic mass is 9.85. The van der Waals surface area contributed by atoms with E-state index in [4.69, 9.17) is 0 Å². The number of aromatic nitrogens is 2. The second-order valence-electron chi connectivity index (χ2n) is 9.37. The first-order valence-corrected chi connectivity index (χ1v) is 11.3. The van der Waals surface area contributed by atoms with E-state index in [1.807, 2.05) is 28.5 Å². The van der Waals surface area contributed by atoms with Crippen LogP contribution in [0.25, 0.3) is 0 Å². The topological polar surface area (TPSA) is 78.4 Å². The maximum atomic E-state index is 13.1. The smallest absolute Gasteiger partial charge is 0.240 e. The molecule has 2 aliphatic heterocycles. The van der Waals surface area contributed by atoms with Crippen molar-refractivity contribution in [1.29, 1.82) is 0 Å². The van der Waals surface area contributed by atoms with Gasteiger partial charge in [0.1, 0.15) is 0 Å². The van der Waals surface area contributed by atoms with Crippen LogP contribution in [0.1, 0.15) is 45.0 Å². The first-order valence-electron chi connectivity index (χ1n) is 10.4. The van der Waals surface area contributed by atoms with Crippen LogP contribution in [-0.2, 0) is 21.5 Å². The van der Waals surface area contributed by atoms with Gasteiger partial charge in [-0.3, -0.25) is 19.5 Å². The number of nitrogens with zero attached hydrogens (tertiary/aromatic N) is 4. The van der Waals surface area contributed by atoms with Crippen molar-refractivity contribution in [2.45, 2.75) is 45.6 Å². The zero-order valence-corrected chi connectivity index (χ0v) is 18.7. The van der Waals surface area contributed by atoms with Gasteiger partial charge in [0.2, 0.25) is 11.8 Å². The number of nitrogens with one attached hydrogen (secondary N) is 1. The van der Waals surface area contributed by atoms with E-state index in [1.54, 1.807) is 6.20 Å². The van der Waals surface area contributed by atoms with Crippen LogP contribution < -0.4 is 5.32 Å². The molecular weight excluding hydrogens is 398 g/mol. The van der Waals surface area contributed by atoms with Crippen LogP contribution in [0.4, 0.5) is 5.13 Å². The molecule has 30 heavy (non-hydrogen) atoms. The summed E-state index contributed by atoms with van der Waals surface area (Å²) in [5.41, 5.74) is 1.50. The van der Waals surface area contributed by atoms with Crippen molar-refractivity contribution in [2.24, 2.45) is 5.41 Å². The number of thiazole rings is 1. The Kier molecular flexibility index (Phi) is 5.63. The van der Waals surface area contributed by atoms with Gasteiger partial charge in [-0.15, -0.1) is 11.3 Å². The molecule has 7 nitrogen and oxygen atoms in total. The van der Waals surface area contributed by atoms with Gasteiger partial charge >= 0.3 is 0 Å². The second-order valence-corrected chi connectivity index (χ2v) is 10.2. The molecule has 0 bridgehead atoms. The van der Waals surface area contributed by atoms with Crippen LogP contribution in [0.3, 0.4) is 0 Å². The average Bonchev–Trinajstić information content (AvgIpc) is 3.39. The standard InChI is InChI=1S/C22H29N5O2S/c1-21(2,3)17-14-30-20(24-17)25-18(28)13-26-10-7-22(15-26)8-11-27(19(22)29)12-16-6-4-5-9-23-16/h4-6,9,14H,7-8,10-13,15H2,1-3H3,(H,24,25,28). The first-order chi connectivity index (χ1) is 14.2. The van der Waals surface area contributed by atoms with E-state index in [-0.39, 0.29) is 22.6 Å². The minimum Gasteiger partial charge on any atom is -0.336 e. The average molecular weight is 428 g/mol. The van der Waals surface area contributed by atoms with Gasteiger partial charge in [-0.2, -0.15) is 0 Å². The molecule has 160 valence electrons. The Bertz CT molecular complexity index is 923. The van der Waals surface area contributed by atoms with E-state index in [0.29, 0.717) is 24.8 Å². The third kappa shape index (κ3) is 4.39. The molecule has 0 radical (unpaired) electrons. The molecule has 2 aromatic heterocycles. The Balaban J connectivity index is 1.31. The van der Waals surface area contributed by atoms with Crippen LogP contribution in [0.15, 0.2) is 29.8 Å². The van der Waals surface area contributed by atoms with Crippen molar-refractivity contribution in [3.8, 4) is 0 Å². The summed E-state index contributed by atoms with van der Waals surface area (Å²) in [5, 5.41) is 5.55. The van der Waals surface area contributed by atoms with Gasteiger partial charge in [0.05, 0.1) is 29.9 Å². The molecule has 1 N–H and O–H groups in total. The fourth-order valence-corrected chi connectivity index (χ4v) is 5.19. The molecule has 2 amide bonds. The van der Waals surface area contributed by atoms with Gasteiger partial charge < -0.3 is 10.2 Å². The highest BCUT2D eigenvalue weighted by Crippen LogP contribution is 2.41. The zero-order valence-electron chi connectivity index (χ0n) is 17.9. The number of pyridine rings is 1. The fourth-order valence-electron chi connectivity index (χ4n) is 4.24. The van der Waals surface area contributed by atoms with Crippen molar-refractivity contribution < 1.29 is 9.59 Å². The predicted molar refractivity (Wildman–Crippen MR) is 117 cm³/mol. The number of amides is 2. The van der Waals surface area contributed by atoms with Crippen molar-refractivity contribution in [3.05, 3.63) is 41.2 Å². The summed E-state index contributed by atoms with van der Waals surface area (Å²) in [5.74, 6) is 0.128. The number of rotatable bonds is 5. The minimum atomic E-state index is -0.352. The van der Waals surface area contributed by atoms with E-state index in [0.717, 1.165) is 37.3 Å². The molecule has 4 heterocycles. The predicted octanol–water partition coefficient (Wildman–Crippen LogP) is 2.90. The number of hydrogen-bond acceptors (Lipinski definition) is 6. The van der Waals surface area contributed by atoms with E-state index in [9.17, 15) is 9.59 Å². The number of anilines is 1. The first kappa shape index (κ1) is 20.9. The van der Waals surface area contributed by atoms with Crippen LogP contribution >= 0.6 is 11.3 Å². The molecule has 8 heteroatoms. The fraction of sp³-hybridized carbons (Fsp3) is 0.545. The number of likely N-dealkylation sites (tertiary alicyclic amines) is 2. The lowest BCUT2D eigenvalue weighted by Crippen LogP contribution is -2.38. The highest BCUT2D eigenvalue weighted by molar-refractivity contribution is 7.13. The van der Waals surface area contributed by atoms with Gasteiger partial charge in [0.25, 0.3) is 0 Å². The maximum absolute atomic E-state index is 13.1. The summed E-state index contributed by atoms with van der Waals surface area (Å²) in [6.45, 7) is 9.32. The Hall–Kier alpha value is -2.32. The van der Waals surface area contributed by atoms with Gasteiger partial charge in [-0.25, -0.2) is 4.98 Å². The number of hydrogen-bond donors (Lipinski definition) is 1. The Morgan fingerprint density at radius 3 is 2.77 bits per heavy atom. The largest absolute Gasteiger partial charge is 0.336 e. The normalized spacial score (nSPS) is 22.2. The molecule has 1 atom stereocenters. The van der Waals surface area contributed by atoms with Crippen LogP contribution in [0.5, 0.6) is 0 Å². The second kappa shape index (κ2) is 8.07. The Labute approximate surface area is 181 Å². The molecule has 1 spiro atoms. The molecule has 1 unspecified atom stereocenters. The van der Waals surface area contributed by atoms with Crippen LogP contribution in [0, 0.1) is 5.41 Å². The third-order valence-electron chi connectivity index (χ3n) is 6.00. The number of carbonyl (C=O) groups excluding carboxylic acids is 2. The summed E-state index contributed by atoms with van der Waals surface area (Å²) in [6.07, 6.45) is 3.41. The highest BCUT2D eigenvalue weighted by Gasteiger charge is 2.50.